The number of benzene rings is 2. The van der Waals surface area contributed by atoms with E-state index >= 15 is 0 Å². The number of aliphatic hydroxyl groups excluding tert-OH is 1. The number of rotatable bonds is 8. The summed E-state index contributed by atoms with van der Waals surface area (Å²) < 4.78 is 49.1. The van der Waals surface area contributed by atoms with E-state index in [-0.39, 0.29) is 12.4 Å². The topological polar surface area (TPSA) is 66.9 Å². The number of fused-ring (bicyclic) bond motifs is 3. The van der Waals surface area contributed by atoms with Gasteiger partial charge >= 0.3 is 6.18 Å². The number of pyridine rings is 1. The fraction of sp³-hybridized carbons (Fsp3) is 0.348. The van der Waals surface area contributed by atoms with E-state index in [1.807, 2.05) is 30.3 Å². The van der Waals surface area contributed by atoms with Crippen LogP contribution in [0.3, 0.4) is 0 Å². The number of ether oxygens (including phenoxy) is 2. The monoisotopic (exact) mass is 447 g/mol. The van der Waals surface area contributed by atoms with Crippen LogP contribution in [0.2, 0.25) is 0 Å². The lowest BCUT2D eigenvalue weighted by Gasteiger charge is -2.24. The fourth-order valence-corrected chi connectivity index (χ4v) is 3.97. The number of alkyl halides is 3. The minimum atomic E-state index is -4.45. The Hall–Kier alpha value is -3.20. The van der Waals surface area contributed by atoms with Crippen molar-refractivity contribution in [3.05, 3.63) is 48.0 Å². The molecule has 0 spiro atoms. The molecule has 1 aliphatic rings. The summed E-state index contributed by atoms with van der Waals surface area (Å²) >= 11 is 0. The van der Waals surface area contributed by atoms with Crippen LogP contribution in [0.25, 0.3) is 10.9 Å². The lowest BCUT2D eigenvalue weighted by atomic mass is 10.1. The van der Waals surface area contributed by atoms with Gasteiger partial charge in [-0.3, -0.25) is 0 Å². The predicted molar refractivity (Wildman–Crippen MR) is 117 cm³/mol. The van der Waals surface area contributed by atoms with Gasteiger partial charge in [-0.1, -0.05) is 24.3 Å². The molecule has 0 amide bonds. The van der Waals surface area contributed by atoms with Crippen LogP contribution in [0.15, 0.2) is 42.5 Å². The van der Waals surface area contributed by atoms with Gasteiger partial charge in [0.2, 0.25) is 0 Å². The van der Waals surface area contributed by atoms with E-state index in [2.05, 4.69) is 15.2 Å². The standard InChI is InChI=1S/C23H24F3N3O3/c1-31-18-8-3-2-7-17(18)29-12-10-16-21(29)15-6-4-9-19(32-14-23(24,25)26)20(15)28-22(16)27-11-5-13-30/h2-4,6-9,30H,5,10-14H2,1H3,(H,27,28). The molecule has 2 aromatic carbocycles. The Bertz CT molecular complexity index is 1110. The van der Waals surface area contributed by atoms with E-state index < -0.39 is 12.8 Å². The van der Waals surface area contributed by atoms with Crippen molar-refractivity contribution >= 4 is 28.1 Å². The molecule has 3 aromatic rings. The minimum Gasteiger partial charge on any atom is -0.495 e. The quantitative estimate of drug-likeness (QED) is 0.489. The number of hydrogen-bond donors (Lipinski definition) is 2. The Kier molecular flexibility index (Phi) is 6.27. The first-order valence-electron chi connectivity index (χ1n) is 10.3. The second kappa shape index (κ2) is 9.12. The van der Waals surface area contributed by atoms with Gasteiger partial charge in [-0.25, -0.2) is 4.98 Å². The van der Waals surface area contributed by atoms with Crippen LogP contribution in [0.4, 0.5) is 30.4 Å². The zero-order valence-electron chi connectivity index (χ0n) is 17.6. The third kappa shape index (κ3) is 4.38. The maximum Gasteiger partial charge on any atom is 0.422 e. The van der Waals surface area contributed by atoms with Crippen LogP contribution in [-0.2, 0) is 6.42 Å². The molecule has 32 heavy (non-hydrogen) atoms. The zero-order valence-corrected chi connectivity index (χ0v) is 17.6. The van der Waals surface area contributed by atoms with E-state index in [4.69, 9.17) is 14.6 Å². The molecule has 0 saturated carbocycles. The maximum atomic E-state index is 12.8. The Morgan fingerprint density at radius 3 is 2.66 bits per heavy atom. The molecule has 0 atom stereocenters. The number of hydrogen-bond acceptors (Lipinski definition) is 6. The molecule has 0 aliphatic carbocycles. The Morgan fingerprint density at radius 2 is 1.91 bits per heavy atom. The highest BCUT2D eigenvalue weighted by Crippen LogP contribution is 2.46. The number of aromatic nitrogens is 1. The van der Waals surface area contributed by atoms with Crippen LogP contribution < -0.4 is 19.7 Å². The third-order valence-electron chi connectivity index (χ3n) is 5.30. The molecule has 9 heteroatoms. The molecular formula is C23H24F3N3O3. The van der Waals surface area contributed by atoms with Crippen molar-refractivity contribution in [2.45, 2.75) is 19.0 Å². The van der Waals surface area contributed by atoms with Gasteiger partial charge in [0.1, 0.15) is 22.8 Å². The van der Waals surface area contributed by atoms with Crippen molar-refractivity contribution in [3.63, 3.8) is 0 Å². The van der Waals surface area contributed by atoms with Crippen molar-refractivity contribution in [2.24, 2.45) is 0 Å². The van der Waals surface area contributed by atoms with Gasteiger partial charge < -0.3 is 24.8 Å². The Balaban J connectivity index is 1.87. The summed E-state index contributed by atoms with van der Waals surface area (Å²) in [6, 6.07) is 12.6. The van der Waals surface area contributed by atoms with Gasteiger partial charge in [0, 0.05) is 30.6 Å². The molecule has 170 valence electrons. The lowest BCUT2D eigenvalue weighted by molar-refractivity contribution is -0.153. The predicted octanol–water partition coefficient (Wildman–Crippen LogP) is 4.67. The molecule has 0 saturated heterocycles. The average Bonchev–Trinajstić information content (AvgIpc) is 3.23. The number of halogens is 3. The number of methoxy groups -OCH3 is 1. The molecule has 6 nitrogen and oxygen atoms in total. The van der Waals surface area contributed by atoms with Crippen LogP contribution in [0.1, 0.15) is 12.0 Å². The highest BCUT2D eigenvalue weighted by Gasteiger charge is 2.31. The first-order chi connectivity index (χ1) is 15.4. The molecule has 0 radical (unpaired) electrons. The smallest absolute Gasteiger partial charge is 0.422 e. The van der Waals surface area contributed by atoms with E-state index in [0.29, 0.717) is 48.4 Å². The maximum absolute atomic E-state index is 12.8. The van der Waals surface area contributed by atoms with Crippen LogP contribution in [0, 0.1) is 0 Å². The van der Waals surface area contributed by atoms with Crippen molar-refractivity contribution in [1.29, 1.82) is 0 Å². The molecule has 2 N–H and O–H groups in total. The van der Waals surface area contributed by atoms with Gasteiger partial charge in [-0.15, -0.1) is 0 Å². The van der Waals surface area contributed by atoms with E-state index in [0.717, 1.165) is 16.9 Å². The summed E-state index contributed by atoms with van der Waals surface area (Å²) in [5.74, 6) is 1.35. The first kappa shape index (κ1) is 22.0. The first-order valence-corrected chi connectivity index (χ1v) is 10.3. The summed E-state index contributed by atoms with van der Waals surface area (Å²) in [6.45, 7) is -0.217. The van der Waals surface area contributed by atoms with Crippen LogP contribution >= 0.6 is 0 Å². The number of nitrogens with zero attached hydrogens (tertiary/aromatic N) is 2. The summed E-state index contributed by atoms with van der Waals surface area (Å²) in [4.78, 5) is 6.75. The lowest BCUT2D eigenvalue weighted by Crippen LogP contribution is -2.19. The van der Waals surface area contributed by atoms with Gasteiger partial charge in [-0.2, -0.15) is 13.2 Å². The van der Waals surface area contributed by atoms with Gasteiger partial charge in [0.25, 0.3) is 0 Å². The SMILES string of the molecule is COc1ccccc1N1CCc2c(NCCCO)nc3c(OCC(F)(F)F)cccc3c21. The summed E-state index contributed by atoms with van der Waals surface area (Å²) in [6.07, 6.45) is -3.23. The number of para-hydroxylation sites is 3. The molecule has 1 aromatic heterocycles. The number of aliphatic hydroxyl groups is 1. The summed E-state index contributed by atoms with van der Waals surface area (Å²) in [5.41, 5.74) is 3.05. The largest absolute Gasteiger partial charge is 0.495 e. The second-order valence-electron chi connectivity index (χ2n) is 7.42. The summed E-state index contributed by atoms with van der Waals surface area (Å²) in [7, 11) is 1.60. The highest BCUT2D eigenvalue weighted by atomic mass is 19.4. The van der Waals surface area contributed by atoms with Gasteiger partial charge in [0.05, 0.1) is 18.5 Å². The number of nitrogens with one attached hydrogen (secondary N) is 1. The van der Waals surface area contributed by atoms with Gasteiger partial charge in [-0.05, 0) is 31.0 Å². The van der Waals surface area contributed by atoms with E-state index in [1.54, 1.807) is 13.2 Å². The minimum absolute atomic E-state index is 0.0239. The zero-order chi connectivity index (χ0) is 22.7. The average molecular weight is 447 g/mol. The number of anilines is 3. The molecule has 0 fully saturated rings. The van der Waals surface area contributed by atoms with Crippen molar-refractivity contribution in [1.82, 2.24) is 4.98 Å². The molecule has 0 unspecified atom stereocenters. The van der Waals surface area contributed by atoms with Crippen molar-refractivity contribution in [3.8, 4) is 11.5 Å². The van der Waals surface area contributed by atoms with Crippen molar-refractivity contribution in [2.75, 3.05) is 43.6 Å². The van der Waals surface area contributed by atoms with Crippen molar-refractivity contribution < 1.29 is 27.8 Å². The van der Waals surface area contributed by atoms with Crippen LogP contribution in [0.5, 0.6) is 11.5 Å². The fourth-order valence-electron chi connectivity index (χ4n) is 3.97. The molecular weight excluding hydrogens is 423 g/mol. The van der Waals surface area contributed by atoms with Crippen LogP contribution in [-0.4, -0.2) is 49.7 Å². The second-order valence-corrected chi connectivity index (χ2v) is 7.42. The van der Waals surface area contributed by atoms with E-state index in [1.165, 1.54) is 6.07 Å². The summed E-state index contributed by atoms with van der Waals surface area (Å²) in [5, 5.41) is 13.1. The molecule has 0 bridgehead atoms. The molecule has 2 heterocycles. The highest BCUT2D eigenvalue weighted by molar-refractivity contribution is 6.02. The third-order valence-corrected chi connectivity index (χ3v) is 5.30. The Labute approximate surface area is 183 Å². The van der Waals surface area contributed by atoms with Gasteiger partial charge in [0.15, 0.2) is 6.61 Å². The van der Waals surface area contributed by atoms with E-state index in [9.17, 15) is 13.2 Å². The normalized spacial score (nSPS) is 13.3. The molecule has 1 aliphatic heterocycles. The molecule has 4 rings (SSSR count). The Morgan fingerprint density at radius 1 is 1.12 bits per heavy atom.